The normalized spacial score (nSPS) is 15.5. The molecule has 1 saturated carbocycles. The molecule has 0 aromatic heterocycles. The fraction of sp³-hybridized carbons (Fsp3) is 0.231. The van der Waals surface area contributed by atoms with Gasteiger partial charge in [0.1, 0.15) is 0 Å². The van der Waals surface area contributed by atoms with Crippen molar-refractivity contribution in [3.05, 3.63) is 84.4 Å². The second kappa shape index (κ2) is 6.61. The minimum Gasteiger partial charge on any atom is -0.0622 e. The average molecular weight is 336 g/mol. The Morgan fingerprint density at radius 3 is 2.19 bits per heavy atom. The van der Waals surface area contributed by atoms with Gasteiger partial charge in [0.05, 0.1) is 0 Å². The van der Waals surface area contributed by atoms with E-state index >= 15 is 0 Å². The molecule has 0 amide bonds. The van der Waals surface area contributed by atoms with Crippen LogP contribution < -0.4 is 0 Å². The Balaban J connectivity index is 1.89. The molecule has 1 aliphatic carbocycles. The molecule has 0 bridgehead atoms. The van der Waals surface area contributed by atoms with Crippen LogP contribution in [0.5, 0.6) is 0 Å². The molecule has 0 atom stereocenters. The van der Waals surface area contributed by atoms with E-state index < -0.39 is 0 Å². The molecule has 5 rings (SSSR count). The summed E-state index contributed by atoms with van der Waals surface area (Å²) in [4.78, 5) is 0. The van der Waals surface area contributed by atoms with Crippen LogP contribution in [-0.4, -0.2) is 0 Å². The Kier molecular flexibility index (Phi) is 3.97. The van der Waals surface area contributed by atoms with Crippen molar-refractivity contribution in [3.8, 4) is 11.1 Å². The first-order valence-corrected chi connectivity index (χ1v) is 9.91. The molecule has 0 aliphatic heterocycles. The summed E-state index contributed by atoms with van der Waals surface area (Å²) in [6.07, 6.45) is 6.77. The molecule has 0 unspecified atom stereocenters. The smallest absolute Gasteiger partial charge is 0.00641 e. The molecule has 1 fully saturated rings. The minimum absolute atomic E-state index is 0.683. The van der Waals surface area contributed by atoms with Crippen molar-refractivity contribution < 1.29 is 0 Å². The maximum atomic E-state index is 2.38. The molecule has 0 nitrogen and oxygen atoms in total. The van der Waals surface area contributed by atoms with Crippen LogP contribution in [0, 0.1) is 0 Å². The Labute approximate surface area is 155 Å². The van der Waals surface area contributed by atoms with Crippen molar-refractivity contribution in [1.29, 1.82) is 0 Å². The highest BCUT2D eigenvalue weighted by molar-refractivity contribution is 6.08. The van der Waals surface area contributed by atoms with Crippen molar-refractivity contribution in [2.24, 2.45) is 0 Å². The van der Waals surface area contributed by atoms with Crippen LogP contribution in [-0.2, 0) is 0 Å². The van der Waals surface area contributed by atoms with E-state index in [1.807, 2.05) is 0 Å². The summed E-state index contributed by atoms with van der Waals surface area (Å²) in [5.41, 5.74) is 4.30. The molecule has 4 aromatic carbocycles. The molecular formula is C26H24. The molecule has 0 heterocycles. The van der Waals surface area contributed by atoms with Gasteiger partial charge in [-0.25, -0.2) is 0 Å². The third kappa shape index (κ3) is 2.61. The largest absolute Gasteiger partial charge is 0.0622 e. The molecular weight excluding hydrogens is 312 g/mol. The lowest BCUT2D eigenvalue weighted by Crippen LogP contribution is -2.06. The van der Waals surface area contributed by atoms with Crippen molar-refractivity contribution in [2.75, 3.05) is 0 Å². The highest BCUT2D eigenvalue weighted by Gasteiger charge is 2.22. The van der Waals surface area contributed by atoms with Gasteiger partial charge in [0.15, 0.2) is 0 Å². The predicted octanol–water partition coefficient (Wildman–Crippen LogP) is 7.71. The first kappa shape index (κ1) is 15.6. The van der Waals surface area contributed by atoms with Gasteiger partial charge in [-0.15, -0.1) is 0 Å². The van der Waals surface area contributed by atoms with E-state index in [1.54, 1.807) is 5.56 Å². The molecule has 0 N–H and O–H groups in total. The number of hydrogen-bond donors (Lipinski definition) is 0. The van der Waals surface area contributed by atoms with Gasteiger partial charge in [-0.3, -0.25) is 0 Å². The van der Waals surface area contributed by atoms with E-state index in [0.29, 0.717) is 5.92 Å². The van der Waals surface area contributed by atoms with Gasteiger partial charge >= 0.3 is 0 Å². The van der Waals surface area contributed by atoms with E-state index in [9.17, 15) is 0 Å². The Hall–Kier alpha value is -2.60. The maximum Gasteiger partial charge on any atom is -0.00641 e. The topological polar surface area (TPSA) is 0 Å². The Morgan fingerprint density at radius 1 is 0.615 bits per heavy atom. The van der Waals surface area contributed by atoms with E-state index in [2.05, 4.69) is 78.9 Å². The van der Waals surface area contributed by atoms with Gasteiger partial charge < -0.3 is 0 Å². The van der Waals surface area contributed by atoms with Crippen molar-refractivity contribution in [2.45, 2.75) is 38.0 Å². The number of hydrogen-bond acceptors (Lipinski definition) is 0. The Morgan fingerprint density at radius 2 is 1.35 bits per heavy atom. The summed E-state index contributed by atoms with van der Waals surface area (Å²) in [5, 5.41) is 5.69. The zero-order valence-corrected chi connectivity index (χ0v) is 15.1. The zero-order valence-electron chi connectivity index (χ0n) is 15.1. The molecule has 0 heteroatoms. The number of fused-ring (bicyclic) bond motifs is 2. The average Bonchev–Trinajstić information content (AvgIpc) is 2.73. The molecule has 4 aromatic rings. The van der Waals surface area contributed by atoms with Crippen LogP contribution >= 0.6 is 0 Å². The lowest BCUT2D eigenvalue weighted by Gasteiger charge is -2.26. The highest BCUT2D eigenvalue weighted by Crippen LogP contribution is 2.43. The van der Waals surface area contributed by atoms with Gasteiger partial charge in [0.2, 0.25) is 0 Å². The van der Waals surface area contributed by atoms with Crippen molar-refractivity contribution in [1.82, 2.24) is 0 Å². The van der Waals surface area contributed by atoms with Gasteiger partial charge in [-0.05, 0) is 63.1 Å². The summed E-state index contributed by atoms with van der Waals surface area (Å²) < 4.78 is 0. The Bertz CT molecular complexity index is 1050. The quantitative estimate of drug-likeness (QED) is 0.329. The zero-order chi connectivity index (χ0) is 17.3. The summed E-state index contributed by atoms with van der Waals surface area (Å²) in [7, 11) is 0. The SMILES string of the molecule is c1ccc(-c2cccc3cc4ccccc4c(C4CCCCC4)c23)cc1. The van der Waals surface area contributed by atoms with Crippen LogP contribution in [0.4, 0.5) is 0 Å². The molecule has 0 radical (unpaired) electrons. The fourth-order valence-corrected chi connectivity index (χ4v) is 4.83. The van der Waals surface area contributed by atoms with Crippen molar-refractivity contribution >= 4 is 21.5 Å². The van der Waals surface area contributed by atoms with Crippen LogP contribution in [0.1, 0.15) is 43.6 Å². The summed E-state index contributed by atoms with van der Waals surface area (Å²) in [5.74, 6) is 0.683. The van der Waals surface area contributed by atoms with Crippen LogP contribution in [0.15, 0.2) is 78.9 Å². The second-order valence-corrected chi connectivity index (χ2v) is 7.62. The molecule has 0 spiro atoms. The summed E-state index contributed by atoms with van der Waals surface area (Å²) >= 11 is 0. The maximum absolute atomic E-state index is 2.38. The van der Waals surface area contributed by atoms with E-state index in [1.165, 1.54) is 64.8 Å². The van der Waals surface area contributed by atoms with E-state index in [0.717, 1.165) is 0 Å². The summed E-state index contributed by atoms with van der Waals surface area (Å²) in [6.45, 7) is 0. The van der Waals surface area contributed by atoms with E-state index in [4.69, 9.17) is 0 Å². The lowest BCUT2D eigenvalue weighted by molar-refractivity contribution is 0.447. The predicted molar refractivity (Wildman–Crippen MR) is 113 cm³/mol. The highest BCUT2D eigenvalue weighted by atomic mass is 14.3. The first-order valence-electron chi connectivity index (χ1n) is 9.91. The monoisotopic (exact) mass is 336 g/mol. The van der Waals surface area contributed by atoms with E-state index in [-0.39, 0.29) is 0 Å². The van der Waals surface area contributed by atoms with Gasteiger partial charge in [-0.1, -0.05) is 92.1 Å². The van der Waals surface area contributed by atoms with Gasteiger partial charge in [0, 0.05) is 0 Å². The molecule has 26 heavy (non-hydrogen) atoms. The lowest BCUT2D eigenvalue weighted by atomic mass is 9.78. The molecule has 1 aliphatic rings. The second-order valence-electron chi connectivity index (χ2n) is 7.62. The minimum atomic E-state index is 0.683. The number of benzene rings is 4. The van der Waals surface area contributed by atoms with Gasteiger partial charge in [-0.2, -0.15) is 0 Å². The van der Waals surface area contributed by atoms with Crippen LogP contribution in [0.2, 0.25) is 0 Å². The molecule has 0 saturated heterocycles. The third-order valence-electron chi connectivity index (χ3n) is 6.03. The summed E-state index contributed by atoms with van der Waals surface area (Å²) in [6, 6.07) is 29.1. The van der Waals surface area contributed by atoms with Gasteiger partial charge in [0.25, 0.3) is 0 Å². The standard InChI is InChI=1S/C26H24/c1-3-10-19(11-4-1)23-17-9-15-22-18-21-14-7-8-16-24(21)25(26(22)23)20-12-5-2-6-13-20/h1,3-4,7-11,14-18,20H,2,5-6,12-13H2. The first-order chi connectivity index (χ1) is 12.9. The molecule has 128 valence electrons. The van der Waals surface area contributed by atoms with Crippen LogP contribution in [0.25, 0.3) is 32.7 Å². The fourth-order valence-electron chi connectivity index (χ4n) is 4.83. The third-order valence-corrected chi connectivity index (χ3v) is 6.03. The number of rotatable bonds is 2. The van der Waals surface area contributed by atoms with Crippen LogP contribution in [0.3, 0.4) is 0 Å². The van der Waals surface area contributed by atoms with Crippen molar-refractivity contribution in [3.63, 3.8) is 0 Å².